The molecule has 0 amide bonds. The third-order valence-electron chi connectivity index (χ3n) is 2.15. The van der Waals surface area contributed by atoms with Crippen LogP contribution in [0.2, 0.25) is 0 Å². The molecule has 0 aliphatic heterocycles. The second-order valence-corrected chi connectivity index (χ2v) is 3.62. The van der Waals surface area contributed by atoms with Gasteiger partial charge in [-0.15, -0.1) is 0 Å². The summed E-state index contributed by atoms with van der Waals surface area (Å²) >= 11 is 0. The fraction of sp³-hybridized carbons (Fsp3) is 0.700. The van der Waals surface area contributed by atoms with Gasteiger partial charge in [0.2, 0.25) is 0 Å². The summed E-state index contributed by atoms with van der Waals surface area (Å²) in [6, 6.07) is 0. The van der Waals surface area contributed by atoms with Crippen molar-refractivity contribution >= 4 is 5.97 Å². The summed E-state index contributed by atoms with van der Waals surface area (Å²) in [5.74, 6) is -0.234. The standard InChI is InChI=1S/C10H20NO2.ClH/c1-6-8-10(13-9(3)12)11(4,5)7-2;/h6,8,10H,7H2,1-5H3;1H/q+1;/p-1. The van der Waals surface area contributed by atoms with E-state index < -0.39 is 0 Å². The maximum atomic E-state index is 10.8. The molecule has 0 spiro atoms. The average Bonchev–Trinajstić information content (AvgIpc) is 2.03. The van der Waals surface area contributed by atoms with E-state index in [1.54, 1.807) is 0 Å². The summed E-state index contributed by atoms with van der Waals surface area (Å²) in [4.78, 5) is 10.8. The Balaban J connectivity index is 0. The minimum absolute atomic E-state index is 0. The van der Waals surface area contributed by atoms with Gasteiger partial charge in [-0.2, -0.15) is 0 Å². The zero-order valence-corrected chi connectivity index (χ0v) is 10.3. The molecule has 0 rings (SSSR count). The SMILES string of the molecule is CC=CC(OC(C)=O)[N+](C)(C)CC.[Cl-]. The second kappa shape index (κ2) is 6.85. The fourth-order valence-corrected chi connectivity index (χ4v) is 0.930. The van der Waals surface area contributed by atoms with Crippen molar-refractivity contribution in [2.45, 2.75) is 27.0 Å². The number of rotatable bonds is 4. The van der Waals surface area contributed by atoms with Gasteiger partial charge in [-0.05, 0) is 13.8 Å². The highest BCUT2D eigenvalue weighted by atomic mass is 35.5. The first-order valence-corrected chi connectivity index (χ1v) is 4.56. The van der Waals surface area contributed by atoms with Crippen LogP contribution in [-0.2, 0) is 9.53 Å². The summed E-state index contributed by atoms with van der Waals surface area (Å²) in [6.45, 7) is 6.35. The quantitative estimate of drug-likeness (QED) is 0.251. The van der Waals surface area contributed by atoms with Gasteiger partial charge in [0.05, 0.1) is 20.6 Å². The number of nitrogens with zero attached hydrogens (tertiary/aromatic N) is 1. The minimum Gasteiger partial charge on any atom is -1.00 e. The lowest BCUT2D eigenvalue weighted by Gasteiger charge is -2.33. The van der Waals surface area contributed by atoms with Crippen LogP contribution in [0.1, 0.15) is 20.8 Å². The maximum absolute atomic E-state index is 10.8. The van der Waals surface area contributed by atoms with Crippen LogP contribution in [0.5, 0.6) is 0 Å². The molecule has 0 aromatic carbocycles. The van der Waals surface area contributed by atoms with Crippen molar-refractivity contribution in [2.75, 3.05) is 20.6 Å². The topological polar surface area (TPSA) is 26.3 Å². The molecule has 0 aliphatic carbocycles. The third-order valence-corrected chi connectivity index (χ3v) is 2.15. The van der Waals surface area contributed by atoms with Crippen molar-refractivity contribution in [1.29, 1.82) is 0 Å². The molecule has 1 atom stereocenters. The van der Waals surface area contributed by atoms with E-state index in [1.807, 2.05) is 33.2 Å². The summed E-state index contributed by atoms with van der Waals surface area (Å²) in [6.07, 6.45) is 3.64. The van der Waals surface area contributed by atoms with E-state index in [-0.39, 0.29) is 24.6 Å². The predicted molar refractivity (Wildman–Crippen MR) is 53.0 cm³/mol. The van der Waals surface area contributed by atoms with E-state index in [4.69, 9.17) is 4.74 Å². The zero-order chi connectivity index (χ0) is 10.5. The van der Waals surface area contributed by atoms with Crippen LogP contribution in [0, 0.1) is 0 Å². The normalized spacial score (nSPS) is 13.5. The second-order valence-electron chi connectivity index (χ2n) is 3.62. The molecule has 0 aromatic heterocycles. The summed E-state index contributed by atoms with van der Waals surface area (Å²) < 4.78 is 5.85. The third kappa shape index (κ3) is 5.25. The first-order valence-electron chi connectivity index (χ1n) is 4.56. The van der Waals surface area contributed by atoms with Gasteiger partial charge in [-0.3, -0.25) is 9.28 Å². The lowest BCUT2D eigenvalue weighted by molar-refractivity contribution is -0.925. The van der Waals surface area contributed by atoms with Crippen molar-refractivity contribution in [2.24, 2.45) is 0 Å². The molecule has 3 nitrogen and oxygen atoms in total. The van der Waals surface area contributed by atoms with E-state index in [1.165, 1.54) is 6.92 Å². The minimum atomic E-state index is -0.234. The van der Waals surface area contributed by atoms with Crippen LogP contribution in [0.15, 0.2) is 12.2 Å². The number of hydrogen-bond acceptors (Lipinski definition) is 2. The predicted octanol–water partition coefficient (Wildman–Crippen LogP) is -1.45. The van der Waals surface area contributed by atoms with Gasteiger partial charge >= 0.3 is 5.97 Å². The van der Waals surface area contributed by atoms with Crippen molar-refractivity contribution in [1.82, 2.24) is 0 Å². The molecule has 14 heavy (non-hydrogen) atoms. The van der Waals surface area contributed by atoms with Crippen LogP contribution in [0.3, 0.4) is 0 Å². The molecular formula is C10H20ClNO2. The first kappa shape index (κ1) is 15.9. The molecule has 0 heterocycles. The Labute approximate surface area is 92.7 Å². The van der Waals surface area contributed by atoms with Gasteiger partial charge in [0.1, 0.15) is 0 Å². The number of allylic oxidation sites excluding steroid dienone is 1. The molecule has 0 aliphatic rings. The number of carbonyl (C=O) groups excluding carboxylic acids is 1. The fourth-order valence-electron chi connectivity index (χ4n) is 0.930. The Morgan fingerprint density at radius 2 is 2.00 bits per heavy atom. The largest absolute Gasteiger partial charge is 1.00 e. The number of carbonyl (C=O) groups is 1. The monoisotopic (exact) mass is 221 g/mol. The summed E-state index contributed by atoms with van der Waals surface area (Å²) in [5, 5.41) is 0. The Morgan fingerprint density at radius 3 is 2.29 bits per heavy atom. The molecule has 0 N–H and O–H groups in total. The molecule has 4 heteroatoms. The van der Waals surface area contributed by atoms with Crippen molar-refractivity contribution in [3.63, 3.8) is 0 Å². The van der Waals surface area contributed by atoms with Crippen LogP contribution in [-0.4, -0.2) is 37.3 Å². The van der Waals surface area contributed by atoms with Crippen molar-refractivity contribution in [3.8, 4) is 0 Å². The first-order chi connectivity index (χ1) is 5.94. The molecule has 84 valence electrons. The average molecular weight is 222 g/mol. The van der Waals surface area contributed by atoms with Gasteiger partial charge in [-0.1, -0.05) is 6.08 Å². The van der Waals surface area contributed by atoms with Crippen LogP contribution < -0.4 is 12.4 Å². The van der Waals surface area contributed by atoms with Crippen molar-refractivity contribution in [3.05, 3.63) is 12.2 Å². The Hall–Kier alpha value is -0.540. The van der Waals surface area contributed by atoms with Gasteiger partial charge in [0, 0.05) is 13.0 Å². The van der Waals surface area contributed by atoms with Crippen molar-refractivity contribution < 1.29 is 26.4 Å². The molecule has 0 fully saturated rings. The van der Waals surface area contributed by atoms with Gasteiger partial charge in [0.25, 0.3) is 6.23 Å². The number of hydrogen-bond donors (Lipinski definition) is 0. The molecule has 0 radical (unpaired) electrons. The molecule has 0 aromatic rings. The Morgan fingerprint density at radius 1 is 1.50 bits per heavy atom. The molecular weight excluding hydrogens is 202 g/mol. The summed E-state index contributed by atoms with van der Waals surface area (Å²) in [5.41, 5.74) is 0. The van der Waals surface area contributed by atoms with Crippen LogP contribution in [0.25, 0.3) is 0 Å². The number of halogens is 1. The summed E-state index contributed by atoms with van der Waals surface area (Å²) in [7, 11) is 4.07. The lowest BCUT2D eigenvalue weighted by Crippen LogP contribution is -3.00. The van der Waals surface area contributed by atoms with E-state index in [0.29, 0.717) is 4.48 Å². The molecule has 0 saturated carbocycles. The van der Waals surface area contributed by atoms with E-state index in [9.17, 15) is 4.79 Å². The highest BCUT2D eigenvalue weighted by molar-refractivity contribution is 5.66. The van der Waals surface area contributed by atoms with Crippen LogP contribution >= 0.6 is 0 Å². The van der Waals surface area contributed by atoms with E-state index in [2.05, 4.69) is 6.92 Å². The molecule has 0 bridgehead atoms. The van der Waals surface area contributed by atoms with E-state index >= 15 is 0 Å². The zero-order valence-electron chi connectivity index (χ0n) is 9.58. The Bertz CT molecular complexity index is 202. The Kier molecular flexibility index (Phi) is 7.78. The highest BCUT2D eigenvalue weighted by Gasteiger charge is 2.26. The number of esters is 1. The smallest absolute Gasteiger partial charge is 0.307 e. The lowest BCUT2D eigenvalue weighted by atomic mass is 10.3. The van der Waals surface area contributed by atoms with Crippen LogP contribution in [0.4, 0.5) is 0 Å². The van der Waals surface area contributed by atoms with Gasteiger partial charge in [0.15, 0.2) is 0 Å². The number of likely N-dealkylation sites (N-methyl/N-ethyl adjacent to an activating group) is 1. The van der Waals surface area contributed by atoms with Gasteiger partial charge < -0.3 is 17.1 Å². The number of ether oxygens (including phenoxy) is 1. The number of quaternary nitrogens is 1. The molecule has 0 saturated heterocycles. The maximum Gasteiger partial charge on any atom is 0.307 e. The van der Waals surface area contributed by atoms with Gasteiger partial charge in [-0.25, -0.2) is 0 Å². The highest BCUT2D eigenvalue weighted by Crippen LogP contribution is 2.09. The molecule has 1 unspecified atom stereocenters. The van der Waals surface area contributed by atoms with E-state index in [0.717, 1.165) is 6.54 Å².